The van der Waals surface area contributed by atoms with E-state index in [1.54, 1.807) is 0 Å². The molecule has 0 spiro atoms. The van der Waals surface area contributed by atoms with Gasteiger partial charge in [-0.3, -0.25) is 4.79 Å². The van der Waals surface area contributed by atoms with Gasteiger partial charge >= 0.3 is 0 Å². The summed E-state index contributed by atoms with van der Waals surface area (Å²) in [5.41, 5.74) is 1.49. The zero-order valence-corrected chi connectivity index (χ0v) is 15.4. The third-order valence-corrected chi connectivity index (χ3v) is 4.43. The van der Waals surface area contributed by atoms with Crippen LogP contribution in [0, 0.1) is 0 Å². The minimum absolute atomic E-state index is 0.273. The molecule has 0 atom stereocenters. The van der Waals surface area contributed by atoms with Gasteiger partial charge in [0.15, 0.2) is 11.4 Å². The first-order chi connectivity index (χ1) is 12.7. The van der Waals surface area contributed by atoms with Gasteiger partial charge in [0.1, 0.15) is 23.0 Å². The lowest BCUT2D eigenvalue weighted by Gasteiger charge is -2.11. The molecule has 0 bridgehead atoms. The van der Waals surface area contributed by atoms with Crippen molar-refractivity contribution >= 4 is 17.9 Å². The van der Waals surface area contributed by atoms with Crippen LogP contribution in [0.4, 0.5) is 0 Å². The molecular weight excluding hydrogens is 348 g/mol. The number of aryl methyl sites for hydroxylation is 1. The summed E-state index contributed by atoms with van der Waals surface area (Å²) in [4.78, 5) is 15.8. The number of nitrogens with zero attached hydrogens (tertiary/aromatic N) is 2. The number of aldehydes is 1. The summed E-state index contributed by atoms with van der Waals surface area (Å²) in [6.45, 7) is 2.68. The fraction of sp³-hybridized carbons (Fsp3) is 0.238. The Morgan fingerprint density at radius 3 is 2.42 bits per heavy atom. The van der Waals surface area contributed by atoms with Crippen molar-refractivity contribution in [2.75, 3.05) is 0 Å². The first-order valence-electron chi connectivity index (χ1n) is 8.73. The van der Waals surface area contributed by atoms with Crippen molar-refractivity contribution < 1.29 is 9.53 Å². The number of rotatable bonds is 8. The quantitative estimate of drug-likeness (QED) is 0.491. The SMILES string of the molecule is CCCCc1nc(Cl)c(C=O)n1Cc1ccc(Oc2ccccc2)cc1. The predicted octanol–water partition coefficient (Wildman–Crippen LogP) is 5.53. The first kappa shape index (κ1) is 18.2. The molecule has 0 fully saturated rings. The van der Waals surface area contributed by atoms with E-state index in [0.717, 1.165) is 48.4 Å². The Balaban J connectivity index is 1.77. The first-order valence-corrected chi connectivity index (χ1v) is 9.11. The fourth-order valence-corrected chi connectivity index (χ4v) is 3.01. The summed E-state index contributed by atoms with van der Waals surface area (Å²) in [5.74, 6) is 2.42. The molecule has 3 aromatic rings. The second kappa shape index (κ2) is 8.68. The largest absolute Gasteiger partial charge is 0.457 e. The molecule has 4 nitrogen and oxygen atoms in total. The van der Waals surface area contributed by atoms with Gasteiger partial charge in [0, 0.05) is 13.0 Å². The van der Waals surface area contributed by atoms with Crippen LogP contribution in [0.15, 0.2) is 54.6 Å². The van der Waals surface area contributed by atoms with E-state index in [4.69, 9.17) is 16.3 Å². The average molecular weight is 369 g/mol. The van der Waals surface area contributed by atoms with Crippen molar-refractivity contribution in [3.8, 4) is 11.5 Å². The number of aromatic nitrogens is 2. The number of imidazole rings is 1. The number of carbonyl (C=O) groups excluding carboxylic acids is 1. The van der Waals surface area contributed by atoms with Gasteiger partial charge in [-0.15, -0.1) is 0 Å². The van der Waals surface area contributed by atoms with E-state index in [1.807, 2.05) is 59.2 Å². The molecular formula is C21H21ClN2O2. The molecule has 26 heavy (non-hydrogen) atoms. The second-order valence-corrected chi connectivity index (χ2v) is 6.43. The van der Waals surface area contributed by atoms with Gasteiger partial charge in [-0.1, -0.05) is 55.3 Å². The summed E-state index contributed by atoms with van der Waals surface area (Å²) < 4.78 is 7.71. The molecule has 5 heteroatoms. The van der Waals surface area contributed by atoms with E-state index in [-0.39, 0.29) is 5.15 Å². The van der Waals surface area contributed by atoms with Gasteiger partial charge in [0.05, 0.1) is 0 Å². The Labute approximate surface area is 158 Å². The van der Waals surface area contributed by atoms with Crippen LogP contribution in [0.5, 0.6) is 11.5 Å². The molecule has 0 aliphatic carbocycles. The molecule has 1 heterocycles. The summed E-state index contributed by atoms with van der Waals surface area (Å²) in [6.07, 6.45) is 3.65. The van der Waals surface area contributed by atoms with Crippen molar-refractivity contribution in [2.24, 2.45) is 0 Å². The van der Waals surface area contributed by atoms with Gasteiger partial charge in [-0.2, -0.15) is 0 Å². The van der Waals surface area contributed by atoms with Gasteiger partial charge in [0.25, 0.3) is 0 Å². The Morgan fingerprint density at radius 2 is 1.77 bits per heavy atom. The number of carbonyl (C=O) groups is 1. The highest BCUT2D eigenvalue weighted by molar-refractivity contribution is 6.31. The van der Waals surface area contributed by atoms with E-state index < -0.39 is 0 Å². The number of benzene rings is 2. The van der Waals surface area contributed by atoms with E-state index in [1.165, 1.54) is 0 Å². The maximum absolute atomic E-state index is 11.4. The summed E-state index contributed by atoms with van der Waals surface area (Å²) in [5, 5.41) is 0.273. The summed E-state index contributed by atoms with van der Waals surface area (Å²) in [7, 11) is 0. The summed E-state index contributed by atoms with van der Waals surface area (Å²) in [6, 6.07) is 17.5. The molecule has 0 radical (unpaired) electrons. The van der Waals surface area contributed by atoms with Crippen LogP contribution in [0.25, 0.3) is 0 Å². The van der Waals surface area contributed by atoms with E-state index in [2.05, 4.69) is 11.9 Å². The number of halogens is 1. The lowest BCUT2D eigenvalue weighted by Crippen LogP contribution is -2.08. The lowest BCUT2D eigenvalue weighted by atomic mass is 10.2. The van der Waals surface area contributed by atoms with Gasteiger partial charge in [-0.25, -0.2) is 4.98 Å². The highest BCUT2D eigenvalue weighted by Gasteiger charge is 2.15. The zero-order valence-electron chi connectivity index (χ0n) is 14.7. The molecule has 0 unspecified atom stereocenters. The van der Waals surface area contributed by atoms with Crippen LogP contribution < -0.4 is 4.74 Å². The average Bonchev–Trinajstić information content (AvgIpc) is 2.96. The van der Waals surface area contributed by atoms with Gasteiger partial charge in [0.2, 0.25) is 0 Å². The van der Waals surface area contributed by atoms with Crippen LogP contribution in [-0.4, -0.2) is 15.8 Å². The minimum Gasteiger partial charge on any atom is -0.457 e. The standard InChI is InChI=1S/C21H21ClN2O2/c1-2-3-9-20-23-21(22)19(15-25)24(20)14-16-10-12-18(13-11-16)26-17-7-5-4-6-8-17/h4-8,10-13,15H,2-3,9,14H2,1H3. The van der Waals surface area contributed by atoms with Gasteiger partial charge < -0.3 is 9.30 Å². The topological polar surface area (TPSA) is 44.1 Å². The van der Waals surface area contributed by atoms with E-state index in [0.29, 0.717) is 12.2 Å². The third kappa shape index (κ3) is 4.33. The Kier molecular flexibility index (Phi) is 6.08. The van der Waals surface area contributed by atoms with Crippen molar-refractivity contribution in [3.05, 3.63) is 76.8 Å². The molecule has 0 saturated carbocycles. The molecule has 0 amide bonds. The Morgan fingerprint density at radius 1 is 1.08 bits per heavy atom. The molecule has 0 N–H and O–H groups in total. The number of para-hydroxylation sites is 1. The Hall–Kier alpha value is -2.59. The minimum atomic E-state index is 0.273. The maximum Gasteiger partial charge on any atom is 0.169 e. The number of ether oxygens (including phenoxy) is 1. The molecule has 3 rings (SSSR count). The van der Waals surface area contributed by atoms with Crippen LogP contribution in [0.3, 0.4) is 0 Å². The maximum atomic E-state index is 11.4. The highest BCUT2D eigenvalue weighted by Crippen LogP contribution is 2.23. The van der Waals surface area contributed by atoms with E-state index in [9.17, 15) is 4.79 Å². The highest BCUT2D eigenvalue weighted by atomic mass is 35.5. The monoisotopic (exact) mass is 368 g/mol. The molecule has 2 aromatic carbocycles. The zero-order chi connectivity index (χ0) is 18.4. The van der Waals surface area contributed by atoms with Crippen molar-refractivity contribution in [3.63, 3.8) is 0 Å². The molecule has 0 saturated heterocycles. The van der Waals surface area contributed by atoms with Gasteiger partial charge in [-0.05, 0) is 36.2 Å². The number of hydrogen-bond acceptors (Lipinski definition) is 3. The van der Waals surface area contributed by atoms with Crippen molar-refractivity contribution in [1.82, 2.24) is 9.55 Å². The van der Waals surface area contributed by atoms with Crippen LogP contribution >= 0.6 is 11.6 Å². The van der Waals surface area contributed by atoms with Crippen LogP contribution in [0.1, 0.15) is 41.6 Å². The number of unbranched alkanes of at least 4 members (excludes halogenated alkanes) is 1. The third-order valence-electron chi connectivity index (χ3n) is 4.15. The molecule has 1 aromatic heterocycles. The fourth-order valence-electron chi connectivity index (χ4n) is 2.77. The molecule has 0 aliphatic rings. The number of hydrogen-bond donors (Lipinski definition) is 0. The van der Waals surface area contributed by atoms with Crippen LogP contribution in [0.2, 0.25) is 5.15 Å². The molecule has 134 valence electrons. The van der Waals surface area contributed by atoms with Crippen molar-refractivity contribution in [2.45, 2.75) is 32.7 Å². The molecule has 0 aliphatic heterocycles. The predicted molar refractivity (Wildman–Crippen MR) is 103 cm³/mol. The lowest BCUT2D eigenvalue weighted by molar-refractivity contribution is 0.111. The van der Waals surface area contributed by atoms with Crippen LogP contribution in [-0.2, 0) is 13.0 Å². The van der Waals surface area contributed by atoms with E-state index >= 15 is 0 Å². The normalized spacial score (nSPS) is 10.7. The van der Waals surface area contributed by atoms with Crippen molar-refractivity contribution in [1.29, 1.82) is 0 Å². The summed E-state index contributed by atoms with van der Waals surface area (Å²) >= 11 is 6.13. The Bertz CT molecular complexity index is 858. The smallest absolute Gasteiger partial charge is 0.169 e. The second-order valence-electron chi connectivity index (χ2n) is 6.07.